The Balaban J connectivity index is 1.92. The molecule has 2 rings (SSSR count). The van der Waals surface area contributed by atoms with Gasteiger partial charge in [-0.3, -0.25) is 4.79 Å². The predicted molar refractivity (Wildman–Crippen MR) is 96.4 cm³/mol. The fourth-order valence-electron chi connectivity index (χ4n) is 2.72. The summed E-state index contributed by atoms with van der Waals surface area (Å²) in [6.45, 7) is 2.48. The van der Waals surface area contributed by atoms with Gasteiger partial charge in [0.05, 0.1) is 0 Å². The number of amides is 3. The van der Waals surface area contributed by atoms with Gasteiger partial charge in [-0.1, -0.05) is 68.7 Å². The second-order valence-corrected chi connectivity index (χ2v) is 5.92. The molecule has 0 saturated carbocycles. The Hall–Kier alpha value is -2.56. The van der Waals surface area contributed by atoms with Crippen LogP contribution in [0.25, 0.3) is 10.8 Å². The minimum atomic E-state index is -0.621. The van der Waals surface area contributed by atoms with E-state index in [1.165, 1.54) is 0 Å². The van der Waals surface area contributed by atoms with Crippen molar-refractivity contribution in [3.63, 3.8) is 0 Å². The van der Waals surface area contributed by atoms with E-state index in [1.807, 2.05) is 42.5 Å². The maximum Gasteiger partial charge on any atom is 0.315 e. The van der Waals surface area contributed by atoms with Crippen LogP contribution in [0.2, 0.25) is 0 Å². The Morgan fingerprint density at radius 2 is 1.83 bits per heavy atom. The third kappa shape index (κ3) is 4.98. The first-order chi connectivity index (χ1) is 11.6. The van der Waals surface area contributed by atoms with E-state index in [1.54, 1.807) is 0 Å². The lowest BCUT2D eigenvalue weighted by atomic mass is 10.0. The van der Waals surface area contributed by atoms with Crippen LogP contribution >= 0.6 is 0 Å². The highest BCUT2D eigenvalue weighted by Crippen LogP contribution is 2.18. The van der Waals surface area contributed by atoms with Gasteiger partial charge in [-0.2, -0.15) is 0 Å². The standard InChI is InChI=1S/C19H25N3O2/c1-2-3-4-12-17(18(20)23)22-19(24)21-13-15-10-7-9-14-8-5-6-11-16(14)15/h5-11,17H,2-4,12-13H2,1H3,(H2,20,23)(H2,21,22,24). The Labute approximate surface area is 142 Å². The molecule has 5 nitrogen and oxygen atoms in total. The quantitative estimate of drug-likeness (QED) is 0.651. The van der Waals surface area contributed by atoms with Gasteiger partial charge < -0.3 is 16.4 Å². The van der Waals surface area contributed by atoms with E-state index in [9.17, 15) is 9.59 Å². The molecule has 0 spiro atoms. The lowest BCUT2D eigenvalue weighted by Gasteiger charge is -2.16. The van der Waals surface area contributed by atoms with E-state index < -0.39 is 11.9 Å². The van der Waals surface area contributed by atoms with Gasteiger partial charge in [0.15, 0.2) is 0 Å². The summed E-state index contributed by atoms with van der Waals surface area (Å²) in [6, 6.07) is 13.0. The van der Waals surface area contributed by atoms with Crippen molar-refractivity contribution in [3.05, 3.63) is 48.0 Å². The molecule has 2 aromatic rings. The molecule has 3 amide bonds. The van der Waals surface area contributed by atoms with Crippen molar-refractivity contribution < 1.29 is 9.59 Å². The Kier molecular flexibility index (Phi) is 6.61. The molecular weight excluding hydrogens is 302 g/mol. The summed E-state index contributed by atoms with van der Waals surface area (Å²) in [5, 5.41) is 7.72. The van der Waals surface area contributed by atoms with Crippen molar-refractivity contribution >= 4 is 22.7 Å². The van der Waals surface area contributed by atoms with E-state index in [4.69, 9.17) is 5.73 Å². The zero-order valence-electron chi connectivity index (χ0n) is 14.0. The number of fused-ring (bicyclic) bond motifs is 1. The highest BCUT2D eigenvalue weighted by atomic mass is 16.2. The fourth-order valence-corrected chi connectivity index (χ4v) is 2.72. The molecule has 0 radical (unpaired) electrons. The van der Waals surface area contributed by atoms with Gasteiger partial charge in [-0.05, 0) is 22.8 Å². The number of hydrogen-bond acceptors (Lipinski definition) is 2. The molecule has 1 atom stereocenters. The fraction of sp³-hybridized carbons (Fsp3) is 0.368. The predicted octanol–water partition coefficient (Wildman–Crippen LogP) is 3.07. The largest absolute Gasteiger partial charge is 0.368 e. The molecule has 0 aliphatic heterocycles. The lowest BCUT2D eigenvalue weighted by molar-refractivity contribution is -0.119. The zero-order chi connectivity index (χ0) is 17.4. The van der Waals surface area contributed by atoms with Crippen molar-refractivity contribution in [3.8, 4) is 0 Å². The van der Waals surface area contributed by atoms with Crippen LogP contribution in [-0.2, 0) is 11.3 Å². The number of hydrogen-bond donors (Lipinski definition) is 3. The third-order valence-electron chi connectivity index (χ3n) is 4.06. The molecule has 2 aromatic carbocycles. The van der Waals surface area contributed by atoms with Crippen LogP contribution in [-0.4, -0.2) is 18.0 Å². The molecular formula is C19H25N3O2. The topological polar surface area (TPSA) is 84.2 Å². The summed E-state index contributed by atoms with van der Waals surface area (Å²) in [5.41, 5.74) is 6.40. The summed E-state index contributed by atoms with van der Waals surface area (Å²) in [4.78, 5) is 23.5. The molecule has 0 aliphatic rings. The van der Waals surface area contributed by atoms with Crippen molar-refractivity contribution in [1.82, 2.24) is 10.6 Å². The molecule has 0 aromatic heterocycles. The average molecular weight is 327 g/mol. The number of urea groups is 1. The smallest absolute Gasteiger partial charge is 0.315 e. The Bertz CT molecular complexity index is 695. The van der Waals surface area contributed by atoms with Gasteiger partial charge in [0, 0.05) is 6.54 Å². The van der Waals surface area contributed by atoms with E-state index in [2.05, 4.69) is 17.6 Å². The highest BCUT2D eigenvalue weighted by molar-refractivity contribution is 5.87. The van der Waals surface area contributed by atoms with Crippen molar-refractivity contribution in [2.24, 2.45) is 5.73 Å². The number of unbranched alkanes of at least 4 members (excludes halogenated alkanes) is 2. The maximum absolute atomic E-state index is 12.1. The number of primary amides is 1. The van der Waals surface area contributed by atoms with Crippen LogP contribution in [0.3, 0.4) is 0 Å². The van der Waals surface area contributed by atoms with Gasteiger partial charge in [0.25, 0.3) is 0 Å². The third-order valence-corrected chi connectivity index (χ3v) is 4.06. The highest BCUT2D eigenvalue weighted by Gasteiger charge is 2.17. The number of benzene rings is 2. The van der Waals surface area contributed by atoms with E-state index in [0.29, 0.717) is 13.0 Å². The molecule has 0 saturated heterocycles. The van der Waals surface area contributed by atoms with Crippen LogP contribution in [0.15, 0.2) is 42.5 Å². The molecule has 0 aliphatic carbocycles. The molecule has 1 unspecified atom stereocenters. The molecule has 24 heavy (non-hydrogen) atoms. The first kappa shape index (κ1) is 17.8. The number of nitrogens with one attached hydrogen (secondary N) is 2. The first-order valence-corrected chi connectivity index (χ1v) is 8.42. The van der Waals surface area contributed by atoms with Gasteiger partial charge >= 0.3 is 6.03 Å². The molecule has 5 heteroatoms. The first-order valence-electron chi connectivity index (χ1n) is 8.42. The Morgan fingerprint density at radius 1 is 1.08 bits per heavy atom. The van der Waals surface area contributed by atoms with E-state index in [0.717, 1.165) is 35.6 Å². The molecule has 4 N–H and O–H groups in total. The molecule has 0 bridgehead atoms. The number of carbonyl (C=O) groups is 2. The van der Waals surface area contributed by atoms with Crippen LogP contribution in [0, 0.1) is 0 Å². The van der Waals surface area contributed by atoms with Crippen LogP contribution in [0.4, 0.5) is 4.79 Å². The maximum atomic E-state index is 12.1. The van der Waals surface area contributed by atoms with Gasteiger partial charge in [-0.25, -0.2) is 4.79 Å². The molecule has 0 heterocycles. The molecule has 0 fully saturated rings. The molecule has 128 valence electrons. The van der Waals surface area contributed by atoms with Gasteiger partial charge in [-0.15, -0.1) is 0 Å². The zero-order valence-corrected chi connectivity index (χ0v) is 14.0. The second-order valence-electron chi connectivity index (χ2n) is 5.92. The SMILES string of the molecule is CCCCCC(NC(=O)NCc1cccc2ccccc12)C(N)=O. The number of nitrogens with two attached hydrogens (primary N) is 1. The van der Waals surface area contributed by atoms with Crippen molar-refractivity contribution in [2.75, 3.05) is 0 Å². The number of rotatable bonds is 8. The van der Waals surface area contributed by atoms with Crippen LogP contribution in [0.1, 0.15) is 38.2 Å². The summed E-state index contributed by atoms with van der Waals surface area (Å²) >= 11 is 0. The van der Waals surface area contributed by atoms with Crippen molar-refractivity contribution in [1.29, 1.82) is 0 Å². The monoisotopic (exact) mass is 327 g/mol. The summed E-state index contributed by atoms with van der Waals surface area (Å²) in [6.07, 6.45) is 3.51. The van der Waals surface area contributed by atoms with Gasteiger partial charge in [0.2, 0.25) is 5.91 Å². The van der Waals surface area contributed by atoms with Crippen LogP contribution in [0.5, 0.6) is 0 Å². The van der Waals surface area contributed by atoms with Crippen molar-refractivity contribution in [2.45, 2.75) is 45.2 Å². The lowest BCUT2D eigenvalue weighted by Crippen LogP contribution is -2.48. The number of carbonyl (C=O) groups excluding carboxylic acids is 2. The van der Waals surface area contributed by atoms with E-state index in [-0.39, 0.29) is 6.03 Å². The second kappa shape index (κ2) is 8.91. The average Bonchev–Trinajstić information content (AvgIpc) is 2.59. The van der Waals surface area contributed by atoms with Crippen LogP contribution < -0.4 is 16.4 Å². The minimum Gasteiger partial charge on any atom is -0.368 e. The summed E-state index contributed by atoms with van der Waals surface area (Å²) in [5.74, 6) is -0.494. The summed E-state index contributed by atoms with van der Waals surface area (Å²) < 4.78 is 0. The minimum absolute atomic E-state index is 0.372. The van der Waals surface area contributed by atoms with E-state index >= 15 is 0 Å². The summed E-state index contributed by atoms with van der Waals surface area (Å²) in [7, 11) is 0. The van der Waals surface area contributed by atoms with Gasteiger partial charge in [0.1, 0.15) is 6.04 Å². The normalized spacial score (nSPS) is 11.9. The Morgan fingerprint density at radius 3 is 2.58 bits per heavy atom.